The Labute approximate surface area is 132 Å². The van der Waals surface area contributed by atoms with Gasteiger partial charge in [0.05, 0.1) is 16.4 Å². The Morgan fingerprint density at radius 1 is 1.29 bits per heavy atom. The third-order valence-electron chi connectivity index (χ3n) is 5.29. The fraction of sp³-hybridized carbons (Fsp3) is 0.812. The van der Waals surface area contributed by atoms with Crippen LogP contribution < -0.4 is 5.32 Å². The molecule has 2 heterocycles. The summed E-state index contributed by atoms with van der Waals surface area (Å²) in [4.78, 5) is 2.67. The van der Waals surface area contributed by atoms with Gasteiger partial charge in [-0.25, -0.2) is 0 Å². The molecule has 0 radical (unpaired) electrons. The molecule has 0 amide bonds. The van der Waals surface area contributed by atoms with E-state index >= 15 is 0 Å². The van der Waals surface area contributed by atoms with Crippen LogP contribution in [0.1, 0.15) is 50.9 Å². The first-order chi connectivity index (χ1) is 9.83. The van der Waals surface area contributed by atoms with Crippen molar-refractivity contribution in [2.75, 3.05) is 13.1 Å². The maximum absolute atomic E-state index is 6.47. The van der Waals surface area contributed by atoms with E-state index in [2.05, 4.69) is 29.2 Å². The smallest absolute Gasteiger partial charge is 0.0860 e. The average molecular weight is 311 g/mol. The van der Waals surface area contributed by atoms with Gasteiger partial charge in [0.1, 0.15) is 0 Å². The van der Waals surface area contributed by atoms with E-state index in [0.717, 1.165) is 36.0 Å². The summed E-state index contributed by atoms with van der Waals surface area (Å²) in [7, 11) is 2.00. The molecular weight excluding hydrogens is 284 g/mol. The van der Waals surface area contributed by atoms with Crippen molar-refractivity contribution in [1.29, 1.82) is 0 Å². The third-order valence-corrected chi connectivity index (χ3v) is 5.78. The molecule has 1 aromatic rings. The number of aromatic nitrogens is 2. The molecule has 1 spiro atoms. The van der Waals surface area contributed by atoms with E-state index in [0.29, 0.717) is 5.54 Å². The van der Waals surface area contributed by atoms with Crippen LogP contribution >= 0.6 is 11.6 Å². The maximum atomic E-state index is 6.47. The van der Waals surface area contributed by atoms with Crippen LogP contribution in [0.5, 0.6) is 0 Å². The highest BCUT2D eigenvalue weighted by Crippen LogP contribution is 2.39. The van der Waals surface area contributed by atoms with Gasteiger partial charge in [-0.1, -0.05) is 24.4 Å². The lowest BCUT2D eigenvalue weighted by atomic mass is 9.87. The summed E-state index contributed by atoms with van der Waals surface area (Å²) in [6.07, 6.45) is 5.28. The molecule has 5 heteroatoms. The fourth-order valence-electron chi connectivity index (χ4n) is 4.00. The van der Waals surface area contributed by atoms with Crippen molar-refractivity contribution in [2.45, 2.75) is 64.1 Å². The zero-order chi connectivity index (χ0) is 15.3. The molecule has 1 saturated carbocycles. The monoisotopic (exact) mass is 310 g/mol. The number of rotatable bonds is 2. The predicted octanol–water partition coefficient (Wildman–Crippen LogP) is 2.88. The van der Waals surface area contributed by atoms with Crippen molar-refractivity contribution in [1.82, 2.24) is 20.0 Å². The van der Waals surface area contributed by atoms with Crippen molar-refractivity contribution in [3.63, 3.8) is 0 Å². The van der Waals surface area contributed by atoms with Gasteiger partial charge in [0.25, 0.3) is 0 Å². The molecule has 1 aromatic heterocycles. The Morgan fingerprint density at radius 2 is 1.95 bits per heavy atom. The summed E-state index contributed by atoms with van der Waals surface area (Å²) in [6, 6.07) is 0. The molecule has 0 atom stereocenters. The van der Waals surface area contributed by atoms with Gasteiger partial charge in [0, 0.05) is 37.8 Å². The van der Waals surface area contributed by atoms with Crippen molar-refractivity contribution in [3.05, 3.63) is 16.4 Å². The van der Waals surface area contributed by atoms with E-state index in [1.807, 2.05) is 18.7 Å². The maximum Gasteiger partial charge on any atom is 0.0860 e. The summed E-state index contributed by atoms with van der Waals surface area (Å²) in [6.45, 7) is 9.62. The molecule has 4 nitrogen and oxygen atoms in total. The number of hydrogen-bond donors (Lipinski definition) is 1. The Bertz CT molecular complexity index is 529. The van der Waals surface area contributed by atoms with Gasteiger partial charge in [-0.15, -0.1) is 0 Å². The van der Waals surface area contributed by atoms with Crippen LogP contribution in [0.25, 0.3) is 0 Å². The minimum atomic E-state index is 0.161. The second-order valence-corrected chi connectivity index (χ2v) is 7.87. The first-order valence-electron chi connectivity index (χ1n) is 8.01. The highest BCUT2D eigenvalue weighted by Gasteiger charge is 2.45. The lowest BCUT2D eigenvalue weighted by Gasteiger charge is -2.51. The van der Waals surface area contributed by atoms with Gasteiger partial charge in [0.15, 0.2) is 0 Å². The standard InChI is InChI=1S/C16H27ClN4/c1-12-14(17)13(20(4)19-12)9-21-11-15(2,3)18-10-16(21)7-5-6-8-16/h18H,5-11H2,1-4H3. The first-order valence-corrected chi connectivity index (χ1v) is 8.39. The first kappa shape index (κ1) is 15.3. The number of aryl methyl sites for hydroxylation is 2. The number of halogens is 1. The van der Waals surface area contributed by atoms with Crippen LogP contribution in [0.4, 0.5) is 0 Å². The summed E-state index contributed by atoms with van der Waals surface area (Å²) in [5.74, 6) is 0. The minimum absolute atomic E-state index is 0.161. The Kier molecular flexibility index (Phi) is 3.83. The minimum Gasteiger partial charge on any atom is -0.309 e. The van der Waals surface area contributed by atoms with Crippen molar-refractivity contribution >= 4 is 11.6 Å². The van der Waals surface area contributed by atoms with Crippen molar-refractivity contribution in [2.24, 2.45) is 7.05 Å². The average Bonchev–Trinajstić information content (AvgIpc) is 2.96. The highest BCUT2D eigenvalue weighted by atomic mass is 35.5. The largest absolute Gasteiger partial charge is 0.309 e. The second-order valence-electron chi connectivity index (χ2n) is 7.49. The lowest BCUT2D eigenvalue weighted by Crippen LogP contribution is -2.67. The molecule has 0 unspecified atom stereocenters. The molecule has 21 heavy (non-hydrogen) atoms. The Morgan fingerprint density at radius 3 is 2.52 bits per heavy atom. The van der Waals surface area contributed by atoms with Gasteiger partial charge in [0.2, 0.25) is 0 Å². The summed E-state index contributed by atoms with van der Waals surface area (Å²) < 4.78 is 1.95. The predicted molar refractivity (Wildman–Crippen MR) is 86.6 cm³/mol. The van der Waals surface area contributed by atoms with Crippen LogP contribution in [0, 0.1) is 6.92 Å². The molecule has 2 fully saturated rings. The van der Waals surface area contributed by atoms with Crippen LogP contribution in [0.15, 0.2) is 0 Å². The number of piperazine rings is 1. The Hall–Kier alpha value is -0.580. The van der Waals surface area contributed by atoms with Gasteiger partial charge in [-0.3, -0.25) is 9.58 Å². The number of hydrogen-bond acceptors (Lipinski definition) is 3. The van der Waals surface area contributed by atoms with Crippen molar-refractivity contribution in [3.8, 4) is 0 Å². The van der Waals surface area contributed by atoms with Gasteiger partial charge >= 0.3 is 0 Å². The van der Waals surface area contributed by atoms with E-state index < -0.39 is 0 Å². The van der Waals surface area contributed by atoms with E-state index in [1.165, 1.54) is 25.7 Å². The molecule has 2 aliphatic rings. The third kappa shape index (κ3) is 2.73. The molecular formula is C16H27ClN4. The van der Waals surface area contributed by atoms with E-state index in [4.69, 9.17) is 11.6 Å². The van der Waals surface area contributed by atoms with Gasteiger partial charge in [-0.2, -0.15) is 5.10 Å². The van der Waals surface area contributed by atoms with Crippen LogP contribution in [0.2, 0.25) is 5.02 Å². The zero-order valence-electron chi connectivity index (χ0n) is 13.7. The van der Waals surface area contributed by atoms with Crippen LogP contribution in [-0.2, 0) is 13.6 Å². The molecule has 1 saturated heterocycles. The van der Waals surface area contributed by atoms with E-state index in [9.17, 15) is 0 Å². The molecule has 1 N–H and O–H groups in total. The van der Waals surface area contributed by atoms with E-state index in [1.54, 1.807) is 0 Å². The summed E-state index contributed by atoms with van der Waals surface area (Å²) in [5.41, 5.74) is 2.56. The van der Waals surface area contributed by atoms with Gasteiger partial charge in [-0.05, 0) is 33.6 Å². The second kappa shape index (κ2) is 5.25. The quantitative estimate of drug-likeness (QED) is 0.912. The molecule has 0 bridgehead atoms. The molecule has 118 valence electrons. The highest BCUT2D eigenvalue weighted by molar-refractivity contribution is 6.31. The van der Waals surface area contributed by atoms with Crippen LogP contribution in [-0.4, -0.2) is 38.8 Å². The number of nitrogens with zero attached hydrogens (tertiary/aromatic N) is 3. The zero-order valence-corrected chi connectivity index (χ0v) is 14.4. The number of nitrogens with one attached hydrogen (secondary N) is 1. The fourth-order valence-corrected chi connectivity index (χ4v) is 4.22. The van der Waals surface area contributed by atoms with E-state index in [-0.39, 0.29) is 5.54 Å². The molecule has 3 rings (SSSR count). The summed E-state index contributed by atoms with van der Waals surface area (Å²) >= 11 is 6.47. The van der Waals surface area contributed by atoms with Gasteiger partial charge < -0.3 is 5.32 Å². The normalized spacial score (nSPS) is 24.8. The SMILES string of the molecule is Cc1nn(C)c(CN2CC(C)(C)NCC23CCCC3)c1Cl. The topological polar surface area (TPSA) is 33.1 Å². The molecule has 1 aliphatic carbocycles. The summed E-state index contributed by atoms with van der Waals surface area (Å²) in [5, 5.41) is 9.05. The van der Waals surface area contributed by atoms with Crippen molar-refractivity contribution < 1.29 is 0 Å². The lowest BCUT2D eigenvalue weighted by molar-refractivity contribution is 0.0105. The van der Waals surface area contributed by atoms with Crippen LogP contribution in [0.3, 0.4) is 0 Å². The Balaban J connectivity index is 1.89. The molecule has 1 aliphatic heterocycles. The molecule has 0 aromatic carbocycles.